The van der Waals surface area contributed by atoms with Crippen molar-refractivity contribution < 1.29 is 0 Å². The van der Waals surface area contributed by atoms with E-state index in [1.165, 1.54) is 32.0 Å². The molecular formula is C26H28S2. The summed E-state index contributed by atoms with van der Waals surface area (Å²) in [5, 5.41) is 4.36. The van der Waals surface area contributed by atoms with Crippen LogP contribution in [0.1, 0.15) is 50.0 Å². The van der Waals surface area contributed by atoms with Gasteiger partial charge in [-0.05, 0) is 57.0 Å². The van der Waals surface area contributed by atoms with Gasteiger partial charge in [0.05, 0.1) is 0 Å². The van der Waals surface area contributed by atoms with Crippen LogP contribution in [0.3, 0.4) is 0 Å². The van der Waals surface area contributed by atoms with E-state index in [1.54, 1.807) is 0 Å². The quantitative estimate of drug-likeness (QED) is 0.318. The smallest absolute Gasteiger partial charge is 0.0377 e. The number of thiophene rings is 2. The van der Waals surface area contributed by atoms with Crippen LogP contribution in [0.25, 0.3) is 21.6 Å². The topological polar surface area (TPSA) is 0 Å². The molecule has 144 valence electrons. The van der Waals surface area contributed by atoms with Crippen LogP contribution in [0.2, 0.25) is 0 Å². The van der Waals surface area contributed by atoms with E-state index in [1.807, 2.05) is 22.7 Å². The van der Waals surface area contributed by atoms with Crippen molar-refractivity contribution in [3.05, 3.63) is 94.0 Å². The van der Waals surface area contributed by atoms with E-state index in [2.05, 4.69) is 111 Å². The normalized spacial score (nSPS) is 10.8. The van der Waals surface area contributed by atoms with Gasteiger partial charge in [-0.3, -0.25) is 0 Å². The van der Waals surface area contributed by atoms with E-state index < -0.39 is 0 Å². The first-order chi connectivity index (χ1) is 13.6. The van der Waals surface area contributed by atoms with Crippen molar-refractivity contribution >= 4 is 22.7 Å². The summed E-state index contributed by atoms with van der Waals surface area (Å²) in [6.45, 7) is 8.99. The van der Waals surface area contributed by atoms with Crippen LogP contribution in [0.4, 0.5) is 0 Å². The fourth-order valence-electron chi connectivity index (χ4n) is 3.22. The lowest BCUT2D eigenvalue weighted by molar-refractivity contribution is 0.874. The van der Waals surface area contributed by atoms with Crippen molar-refractivity contribution in [3.63, 3.8) is 0 Å². The third kappa shape index (κ3) is 5.01. The lowest BCUT2D eigenvalue weighted by atomic mass is 10.0. The van der Waals surface area contributed by atoms with E-state index in [4.69, 9.17) is 0 Å². The Balaban J connectivity index is 0.000000161. The lowest BCUT2D eigenvalue weighted by Crippen LogP contribution is -1.86. The molecule has 0 amide bonds. The predicted octanol–water partition coefficient (Wildman–Crippen LogP) is 9.08. The average Bonchev–Trinajstić information content (AvgIpc) is 3.40. The van der Waals surface area contributed by atoms with Gasteiger partial charge >= 0.3 is 0 Å². The van der Waals surface area contributed by atoms with Crippen molar-refractivity contribution in [3.8, 4) is 21.6 Å². The fourth-order valence-corrected chi connectivity index (χ4v) is 5.22. The van der Waals surface area contributed by atoms with E-state index in [9.17, 15) is 0 Å². The van der Waals surface area contributed by atoms with Crippen molar-refractivity contribution in [2.24, 2.45) is 0 Å². The zero-order valence-corrected chi connectivity index (χ0v) is 18.7. The number of hydrogen-bond acceptors (Lipinski definition) is 2. The largest absolute Gasteiger partial charge is 0.148 e. The highest BCUT2D eigenvalue weighted by Gasteiger charge is 2.09. The van der Waals surface area contributed by atoms with Gasteiger partial charge < -0.3 is 0 Å². The molecule has 0 nitrogen and oxygen atoms in total. The van der Waals surface area contributed by atoms with Gasteiger partial charge in [0.15, 0.2) is 0 Å². The Hall–Kier alpha value is -2.16. The summed E-state index contributed by atoms with van der Waals surface area (Å²) < 4.78 is 0. The minimum atomic E-state index is 0.608. The molecule has 0 fully saturated rings. The predicted molar refractivity (Wildman–Crippen MR) is 128 cm³/mol. The molecule has 0 aliphatic rings. The molecule has 0 saturated heterocycles. The molecular weight excluding hydrogens is 376 g/mol. The minimum absolute atomic E-state index is 0.608. The first kappa shape index (κ1) is 20.6. The second-order valence-electron chi connectivity index (χ2n) is 7.45. The van der Waals surface area contributed by atoms with Crippen molar-refractivity contribution in [2.75, 3.05) is 0 Å². The maximum atomic E-state index is 2.25. The summed E-state index contributed by atoms with van der Waals surface area (Å²) in [5.41, 5.74) is 5.52. The van der Waals surface area contributed by atoms with Gasteiger partial charge in [0.2, 0.25) is 0 Å². The monoisotopic (exact) mass is 404 g/mol. The first-order valence-corrected chi connectivity index (χ1v) is 11.6. The van der Waals surface area contributed by atoms with E-state index in [-0.39, 0.29) is 0 Å². The first-order valence-electron chi connectivity index (χ1n) is 9.83. The zero-order valence-electron chi connectivity index (χ0n) is 17.1. The van der Waals surface area contributed by atoms with E-state index in [0.29, 0.717) is 11.8 Å². The highest BCUT2D eigenvalue weighted by Crippen LogP contribution is 2.34. The highest BCUT2D eigenvalue weighted by molar-refractivity contribution is 7.13. The third-order valence-corrected chi connectivity index (χ3v) is 6.85. The Labute approximate surface area is 177 Å². The van der Waals surface area contributed by atoms with Crippen molar-refractivity contribution in [1.29, 1.82) is 0 Å². The Bertz CT molecular complexity index is 878. The average molecular weight is 405 g/mol. The zero-order chi connectivity index (χ0) is 19.9. The Morgan fingerprint density at radius 3 is 1.71 bits per heavy atom. The molecule has 0 bridgehead atoms. The second-order valence-corrected chi connectivity index (χ2v) is 9.31. The van der Waals surface area contributed by atoms with Crippen molar-refractivity contribution in [2.45, 2.75) is 39.5 Å². The molecule has 0 radical (unpaired) electrons. The van der Waals surface area contributed by atoms with Gasteiger partial charge in [0.1, 0.15) is 0 Å². The molecule has 28 heavy (non-hydrogen) atoms. The summed E-state index contributed by atoms with van der Waals surface area (Å²) in [4.78, 5) is 2.90. The molecule has 0 spiro atoms. The molecule has 4 rings (SSSR count). The van der Waals surface area contributed by atoms with Gasteiger partial charge in [-0.2, -0.15) is 0 Å². The second kappa shape index (κ2) is 9.86. The number of hydrogen-bond donors (Lipinski definition) is 0. The molecule has 0 N–H and O–H groups in total. The van der Waals surface area contributed by atoms with Gasteiger partial charge in [-0.15, -0.1) is 22.7 Å². The minimum Gasteiger partial charge on any atom is -0.148 e. The van der Waals surface area contributed by atoms with Gasteiger partial charge in [-0.1, -0.05) is 88.4 Å². The van der Waals surface area contributed by atoms with Gasteiger partial charge in [-0.25, -0.2) is 0 Å². The van der Waals surface area contributed by atoms with Crippen LogP contribution in [0, 0.1) is 0 Å². The summed E-state index contributed by atoms with van der Waals surface area (Å²) in [6.07, 6.45) is 0. The molecule has 0 unspecified atom stereocenters. The van der Waals surface area contributed by atoms with Crippen LogP contribution in [-0.4, -0.2) is 0 Å². The molecule has 2 aromatic heterocycles. The third-order valence-electron chi connectivity index (χ3n) is 4.66. The van der Waals surface area contributed by atoms with Crippen LogP contribution < -0.4 is 0 Å². The number of benzene rings is 2. The van der Waals surface area contributed by atoms with Crippen LogP contribution >= 0.6 is 22.7 Å². The molecule has 0 aliphatic carbocycles. The van der Waals surface area contributed by atoms with Gasteiger partial charge in [0, 0.05) is 9.75 Å². The Morgan fingerprint density at radius 1 is 0.571 bits per heavy atom. The van der Waals surface area contributed by atoms with Gasteiger partial charge in [0.25, 0.3) is 0 Å². The van der Waals surface area contributed by atoms with Crippen molar-refractivity contribution in [1.82, 2.24) is 0 Å². The van der Waals surface area contributed by atoms with E-state index >= 15 is 0 Å². The van der Waals surface area contributed by atoms with E-state index in [0.717, 1.165) is 0 Å². The molecule has 2 heterocycles. The number of rotatable bonds is 4. The Kier molecular flexibility index (Phi) is 7.24. The molecule has 2 aromatic carbocycles. The summed E-state index contributed by atoms with van der Waals surface area (Å²) in [5.74, 6) is 1.22. The standard InChI is InChI=1S/2C13H14S/c1-10(2)13-12(8-9-14-13)11-6-4-3-5-7-11;1-10(2)12-8-9-14-13(12)11-6-4-3-5-7-11/h2*3-10H,1-2H3. The SMILES string of the molecule is CC(C)c1ccsc1-c1ccccc1.CC(C)c1sccc1-c1ccccc1. The van der Waals surface area contributed by atoms with Crippen LogP contribution in [0.5, 0.6) is 0 Å². The maximum Gasteiger partial charge on any atom is 0.0377 e. The highest BCUT2D eigenvalue weighted by atomic mass is 32.1. The summed E-state index contributed by atoms with van der Waals surface area (Å²) >= 11 is 3.68. The summed E-state index contributed by atoms with van der Waals surface area (Å²) in [7, 11) is 0. The molecule has 4 aromatic rings. The molecule has 2 heteroatoms. The molecule has 0 aliphatic heterocycles. The lowest BCUT2D eigenvalue weighted by Gasteiger charge is -2.06. The maximum absolute atomic E-state index is 2.25. The molecule has 0 saturated carbocycles. The molecule has 0 atom stereocenters. The fraction of sp³-hybridized carbons (Fsp3) is 0.231. The van der Waals surface area contributed by atoms with Crippen LogP contribution in [-0.2, 0) is 0 Å². The summed E-state index contributed by atoms with van der Waals surface area (Å²) in [6, 6.07) is 25.7. The Morgan fingerprint density at radius 2 is 1.14 bits per heavy atom. The van der Waals surface area contributed by atoms with Crippen LogP contribution in [0.15, 0.2) is 83.6 Å².